The molecule has 0 spiro atoms. The van der Waals surface area contributed by atoms with Crippen LogP contribution >= 0.6 is 0 Å². The van der Waals surface area contributed by atoms with Crippen LogP contribution in [0.2, 0.25) is 0 Å². The first kappa shape index (κ1) is 17.1. The molecular weight excluding hydrogens is 300 g/mol. The quantitative estimate of drug-likeness (QED) is 0.850. The molecule has 0 amide bonds. The van der Waals surface area contributed by atoms with Gasteiger partial charge in [-0.2, -0.15) is 4.31 Å². The molecule has 0 aromatic heterocycles. The van der Waals surface area contributed by atoms with Gasteiger partial charge in [0, 0.05) is 12.6 Å². The predicted molar refractivity (Wildman–Crippen MR) is 77.1 cm³/mol. The molecule has 1 aromatic carbocycles. The number of benzene rings is 1. The molecule has 0 heterocycles. The van der Waals surface area contributed by atoms with E-state index < -0.39 is 20.0 Å². The van der Waals surface area contributed by atoms with Crippen molar-refractivity contribution in [3.8, 4) is 0 Å². The molecule has 0 bridgehead atoms. The zero-order valence-electron chi connectivity index (χ0n) is 11.8. The maximum atomic E-state index is 12.6. The average molecular weight is 320 g/mol. The number of nitrogens with zero attached hydrogens (tertiary/aromatic N) is 1. The summed E-state index contributed by atoms with van der Waals surface area (Å²) >= 11 is 0. The summed E-state index contributed by atoms with van der Waals surface area (Å²) in [6, 6.07) is 5.16. The molecule has 8 heteroatoms. The normalized spacial score (nSPS) is 14.4. The molecule has 20 heavy (non-hydrogen) atoms. The maximum absolute atomic E-state index is 12.6. The number of primary sulfonamides is 1. The average Bonchev–Trinajstić information content (AvgIpc) is 2.38. The van der Waals surface area contributed by atoms with Crippen LogP contribution in [0.3, 0.4) is 0 Å². The van der Waals surface area contributed by atoms with Crippen molar-refractivity contribution in [1.82, 2.24) is 4.31 Å². The molecular formula is C12H20N2O4S2. The summed E-state index contributed by atoms with van der Waals surface area (Å²) in [5.74, 6) is 0. The molecule has 0 fully saturated rings. The molecule has 6 nitrogen and oxygen atoms in total. The molecule has 1 rings (SSSR count). The molecule has 1 atom stereocenters. The van der Waals surface area contributed by atoms with E-state index in [1.165, 1.54) is 28.6 Å². The number of hydrogen-bond donors (Lipinski definition) is 1. The highest BCUT2D eigenvalue weighted by Crippen LogP contribution is 2.25. The van der Waals surface area contributed by atoms with E-state index in [0.29, 0.717) is 6.42 Å². The predicted octanol–water partition coefficient (Wildman–Crippen LogP) is 1.14. The standard InChI is InChI=1S/C12H20N2O4S2/c1-4-10(3)14(5-2)20(17,18)12-9-7-6-8-11(12)19(13,15)16/h6-10H,4-5H2,1-3H3,(H2,13,15,16). The Kier molecular flexibility index (Phi) is 5.31. The van der Waals surface area contributed by atoms with Gasteiger partial charge in [-0.25, -0.2) is 22.0 Å². The van der Waals surface area contributed by atoms with Crippen molar-refractivity contribution >= 4 is 20.0 Å². The van der Waals surface area contributed by atoms with Gasteiger partial charge in [-0.3, -0.25) is 0 Å². The topological polar surface area (TPSA) is 97.5 Å². The highest BCUT2D eigenvalue weighted by molar-refractivity contribution is 7.92. The summed E-state index contributed by atoms with van der Waals surface area (Å²) in [6.45, 7) is 5.62. The summed E-state index contributed by atoms with van der Waals surface area (Å²) in [7, 11) is -8.00. The Morgan fingerprint density at radius 3 is 2.00 bits per heavy atom. The minimum absolute atomic E-state index is 0.224. The third-order valence-corrected chi connectivity index (χ3v) is 6.38. The van der Waals surface area contributed by atoms with Crippen LogP contribution in [0.15, 0.2) is 34.1 Å². The molecule has 1 aromatic rings. The van der Waals surface area contributed by atoms with Crippen molar-refractivity contribution < 1.29 is 16.8 Å². The summed E-state index contributed by atoms with van der Waals surface area (Å²) in [6.07, 6.45) is 0.630. The third-order valence-electron chi connectivity index (χ3n) is 3.14. The van der Waals surface area contributed by atoms with Crippen LogP contribution < -0.4 is 5.14 Å². The van der Waals surface area contributed by atoms with Crippen LogP contribution in [-0.2, 0) is 20.0 Å². The van der Waals surface area contributed by atoms with Crippen molar-refractivity contribution in [1.29, 1.82) is 0 Å². The van der Waals surface area contributed by atoms with Gasteiger partial charge in [-0.1, -0.05) is 26.0 Å². The first-order valence-corrected chi connectivity index (χ1v) is 9.28. The lowest BCUT2D eigenvalue weighted by molar-refractivity contribution is 0.341. The van der Waals surface area contributed by atoms with Crippen LogP contribution in [-0.4, -0.2) is 33.7 Å². The molecule has 0 aliphatic heterocycles. The highest BCUT2D eigenvalue weighted by atomic mass is 32.2. The fraction of sp³-hybridized carbons (Fsp3) is 0.500. The molecule has 0 saturated carbocycles. The van der Waals surface area contributed by atoms with Crippen LogP contribution in [0.1, 0.15) is 27.2 Å². The number of nitrogens with two attached hydrogens (primary N) is 1. The van der Waals surface area contributed by atoms with Gasteiger partial charge in [0.2, 0.25) is 20.0 Å². The molecule has 0 saturated heterocycles. The number of hydrogen-bond acceptors (Lipinski definition) is 4. The molecule has 0 radical (unpaired) electrons. The van der Waals surface area contributed by atoms with Gasteiger partial charge >= 0.3 is 0 Å². The molecule has 1 unspecified atom stereocenters. The van der Waals surface area contributed by atoms with Crippen molar-refractivity contribution in [3.05, 3.63) is 24.3 Å². The minimum atomic E-state index is -4.10. The molecule has 114 valence electrons. The van der Waals surface area contributed by atoms with E-state index in [1.807, 2.05) is 6.92 Å². The first-order valence-electron chi connectivity index (χ1n) is 6.29. The molecule has 0 aliphatic carbocycles. The van der Waals surface area contributed by atoms with Gasteiger partial charge in [-0.15, -0.1) is 0 Å². The zero-order chi connectivity index (χ0) is 15.6. The van der Waals surface area contributed by atoms with Gasteiger partial charge in [0.1, 0.15) is 9.79 Å². The second-order valence-corrected chi connectivity index (χ2v) is 7.85. The maximum Gasteiger partial charge on any atom is 0.244 e. The van der Waals surface area contributed by atoms with Crippen LogP contribution in [0.4, 0.5) is 0 Å². The summed E-state index contributed by atoms with van der Waals surface area (Å²) in [4.78, 5) is -0.647. The minimum Gasteiger partial charge on any atom is -0.225 e. The van der Waals surface area contributed by atoms with E-state index in [4.69, 9.17) is 5.14 Å². The summed E-state index contributed by atoms with van der Waals surface area (Å²) in [5.41, 5.74) is 0. The zero-order valence-corrected chi connectivity index (χ0v) is 13.4. The second-order valence-electron chi connectivity index (χ2n) is 4.46. The summed E-state index contributed by atoms with van der Waals surface area (Å²) in [5, 5.41) is 5.09. The van der Waals surface area contributed by atoms with Gasteiger partial charge in [0.15, 0.2) is 0 Å². The molecule has 0 aliphatic rings. The van der Waals surface area contributed by atoms with E-state index in [9.17, 15) is 16.8 Å². The van der Waals surface area contributed by atoms with Gasteiger partial charge in [0.25, 0.3) is 0 Å². The Hall–Kier alpha value is -0.960. The fourth-order valence-corrected chi connectivity index (χ4v) is 5.02. The molecule has 2 N–H and O–H groups in total. The van der Waals surface area contributed by atoms with E-state index >= 15 is 0 Å². The van der Waals surface area contributed by atoms with Crippen LogP contribution in [0.5, 0.6) is 0 Å². The van der Waals surface area contributed by atoms with Crippen molar-refractivity contribution in [2.75, 3.05) is 6.54 Å². The monoisotopic (exact) mass is 320 g/mol. The van der Waals surface area contributed by atoms with Crippen molar-refractivity contribution in [2.24, 2.45) is 5.14 Å². The largest absolute Gasteiger partial charge is 0.244 e. The highest BCUT2D eigenvalue weighted by Gasteiger charge is 2.31. The van der Waals surface area contributed by atoms with E-state index in [2.05, 4.69) is 0 Å². The van der Waals surface area contributed by atoms with Gasteiger partial charge in [0.05, 0.1) is 0 Å². The van der Waals surface area contributed by atoms with Gasteiger partial charge in [-0.05, 0) is 25.5 Å². The van der Waals surface area contributed by atoms with E-state index in [1.54, 1.807) is 13.8 Å². The van der Waals surface area contributed by atoms with E-state index in [-0.39, 0.29) is 22.4 Å². The van der Waals surface area contributed by atoms with Crippen molar-refractivity contribution in [3.63, 3.8) is 0 Å². The Balaban J connectivity index is 3.51. The third kappa shape index (κ3) is 3.38. The lowest BCUT2D eigenvalue weighted by Gasteiger charge is -2.27. The number of rotatable bonds is 6. The Morgan fingerprint density at radius 1 is 1.10 bits per heavy atom. The Morgan fingerprint density at radius 2 is 1.60 bits per heavy atom. The number of sulfonamides is 2. The van der Waals surface area contributed by atoms with E-state index in [0.717, 1.165) is 0 Å². The first-order chi connectivity index (χ1) is 9.16. The Bertz CT molecular complexity index is 668. The van der Waals surface area contributed by atoms with Crippen molar-refractivity contribution in [2.45, 2.75) is 43.0 Å². The lowest BCUT2D eigenvalue weighted by Crippen LogP contribution is -2.38. The van der Waals surface area contributed by atoms with Crippen LogP contribution in [0, 0.1) is 0 Å². The Labute approximate surface area is 120 Å². The van der Waals surface area contributed by atoms with Gasteiger partial charge < -0.3 is 0 Å². The van der Waals surface area contributed by atoms with Crippen LogP contribution in [0.25, 0.3) is 0 Å². The second kappa shape index (κ2) is 6.21. The SMILES string of the molecule is CCC(C)N(CC)S(=O)(=O)c1ccccc1S(N)(=O)=O. The fourth-order valence-electron chi connectivity index (χ4n) is 1.95. The lowest BCUT2D eigenvalue weighted by atomic mass is 10.3. The smallest absolute Gasteiger partial charge is 0.225 e. The summed E-state index contributed by atoms with van der Waals surface area (Å²) < 4.78 is 49.6.